The van der Waals surface area contributed by atoms with Crippen molar-refractivity contribution in [2.45, 2.75) is 38.1 Å². The third-order valence-electron chi connectivity index (χ3n) is 4.61. The monoisotopic (exact) mass is 370 g/mol. The molecule has 0 aliphatic carbocycles. The molecule has 3 rings (SSSR count). The first-order valence-corrected chi connectivity index (χ1v) is 9.10. The summed E-state index contributed by atoms with van der Waals surface area (Å²) >= 11 is 0. The van der Waals surface area contributed by atoms with Crippen LogP contribution in [0.1, 0.15) is 38.3 Å². The molecule has 1 fully saturated rings. The Labute approximate surface area is 159 Å². The third-order valence-corrected chi connectivity index (χ3v) is 4.61. The summed E-state index contributed by atoms with van der Waals surface area (Å²) in [4.78, 5) is 23.3. The number of likely N-dealkylation sites (tertiary alicyclic amines) is 1. The molecule has 2 heterocycles. The molecule has 1 aromatic heterocycles. The average Bonchev–Trinajstić information content (AvgIpc) is 2.67. The second-order valence-electron chi connectivity index (χ2n) is 7.31. The molecule has 0 spiro atoms. The Morgan fingerprint density at radius 2 is 1.93 bits per heavy atom. The lowest BCUT2D eigenvalue weighted by atomic mass is 9.93. The lowest BCUT2D eigenvalue weighted by Gasteiger charge is -2.36. The summed E-state index contributed by atoms with van der Waals surface area (Å²) in [5, 5.41) is 0. The van der Waals surface area contributed by atoms with Gasteiger partial charge in [-0.3, -0.25) is 9.78 Å². The van der Waals surface area contributed by atoms with Crippen LogP contribution in [0.5, 0.6) is 17.4 Å². The molecule has 0 bridgehead atoms. The fourth-order valence-corrected chi connectivity index (χ4v) is 3.29. The number of benzene rings is 1. The standard InChI is InChI=1S/C20H26N4O3/c1-20(2,21)19(25)24-12-6-7-14(13-24)17-18(23-11-10-22-17)27-16-9-5-4-8-15(16)26-3/h4-5,8-11,14H,6-7,12-13,21H2,1-3H3. The highest BCUT2D eigenvalue weighted by Gasteiger charge is 2.33. The van der Waals surface area contributed by atoms with Crippen LogP contribution in [0.15, 0.2) is 36.7 Å². The number of para-hydroxylation sites is 2. The van der Waals surface area contributed by atoms with Crippen LogP contribution in [-0.4, -0.2) is 46.5 Å². The molecule has 2 aromatic rings. The van der Waals surface area contributed by atoms with E-state index in [1.807, 2.05) is 29.2 Å². The molecule has 0 radical (unpaired) electrons. The first-order chi connectivity index (χ1) is 12.9. The number of ether oxygens (including phenoxy) is 2. The van der Waals surface area contributed by atoms with Crippen molar-refractivity contribution in [3.63, 3.8) is 0 Å². The zero-order valence-corrected chi connectivity index (χ0v) is 16.0. The third kappa shape index (κ3) is 4.36. The number of nitrogens with zero attached hydrogens (tertiary/aromatic N) is 3. The SMILES string of the molecule is COc1ccccc1Oc1nccnc1C1CCCN(C(=O)C(C)(C)N)C1. The van der Waals surface area contributed by atoms with Crippen molar-refractivity contribution in [2.75, 3.05) is 20.2 Å². The van der Waals surface area contributed by atoms with Crippen molar-refractivity contribution in [3.8, 4) is 17.4 Å². The van der Waals surface area contributed by atoms with Gasteiger partial charge < -0.3 is 20.1 Å². The Balaban J connectivity index is 1.84. The van der Waals surface area contributed by atoms with E-state index in [2.05, 4.69) is 9.97 Å². The van der Waals surface area contributed by atoms with Gasteiger partial charge in [-0.25, -0.2) is 4.98 Å². The van der Waals surface area contributed by atoms with Crippen molar-refractivity contribution in [1.82, 2.24) is 14.9 Å². The topological polar surface area (TPSA) is 90.6 Å². The van der Waals surface area contributed by atoms with E-state index in [4.69, 9.17) is 15.2 Å². The maximum Gasteiger partial charge on any atom is 0.242 e. The maximum absolute atomic E-state index is 12.6. The molecule has 1 unspecified atom stereocenters. The van der Waals surface area contributed by atoms with Gasteiger partial charge in [0.05, 0.1) is 12.6 Å². The van der Waals surface area contributed by atoms with Gasteiger partial charge in [0, 0.05) is 31.4 Å². The zero-order chi connectivity index (χ0) is 19.4. The average molecular weight is 370 g/mol. The number of carbonyl (C=O) groups is 1. The summed E-state index contributed by atoms with van der Waals surface area (Å²) in [6.45, 7) is 4.73. The summed E-state index contributed by atoms with van der Waals surface area (Å²) in [7, 11) is 1.60. The van der Waals surface area contributed by atoms with E-state index in [1.165, 1.54) is 0 Å². The van der Waals surface area contributed by atoms with E-state index in [0.717, 1.165) is 18.5 Å². The fraction of sp³-hybridized carbons (Fsp3) is 0.450. The number of aromatic nitrogens is 2. The van der Waals surface area contributed by atoms with Crippen molar-refractivity contribution >= 4 is 5.91 Å². The van der Waals surface area contributed by atoms with Gasteiger partial charge in [-0.15, -0.1) is 0 Å². The minimum Gasteiger partial charge on any atom is -0.493 e. The van der Waals surface area contributed by atoms with Gasteiger partial charge in [-0.05, 0) is 38.8 Å². The number of hydrogen-bond donors (Lipinski definition) is 1. The highest BCUT2D eigenvalue weighted by molar-refractivity contribution is 5.85. The first-order valence-electron chi connectivity index (χ1n) is 9.10. The van der Waals surface area contributed by atoms with E-state index in [-0.39, 0.29) is 11.8 Å². The summed E-state index contributed by atoms with van der Waals surface area (Å²) in [6, 6.07) is 7.40. The number of nitrogens with two attached hydrogens (primary N) is 1. The molecule has 1 aliphatic heterocycles. The van der Waals surface area contributed by atoms with Crippen LogP contribution in [0.25, 0.3) is 0 Å². The van der Waals surface area contributed by atoms with Gasteiger partial charge in [-0.1, -0.05) is 12.1 Å². The highest BCUT2D eigenvalue weighted by Crippen LogP contribution is 2.35. The van der Waals surface area contributed by atoms with Crippen LogP contribution in [-0.2, 0) is 4.79 Å². The van der Waals surface area contributed by atoms with Crippen LogP contribution >= 0.6 is 0 Å². The number of carbonyl (C=O) groups excluding carboxylic acids is 1. The first kappa shape index (κ1) is 19.1. The maximum atomic E-state index is 12.6. The Kier molecular flexibility index (Phi) is 5.60. The van der Waals surface area contributed by atoms with Crippen LogP contribution < -0.4 is 15.2 Å². The smallest absolute Gasteiger partial charge is 0.242 e. The summed E-state index contributed by atoms with van der Waals surface area (Å²) in [5.74, 6) is 1.63. The lowest BCUT2D eigenvalue weighted by molar-refractivity contribution is -0.137. The van der Waals surface area contributed by atoms with Gasteiger partial charge in [0.15, 0.2) is 11.5 Å². The van der Waals surface area contributed by atoms with Crippen molar-refractivity contribution in [1.29, 1.82) is 0 Å². The lowest BCUT2D eigenvalue weighted by Crippen LogP contribution is -2.53. The number of hydrogen-bond acceptors (Lipinski definition) is 6. The van der Waals surface area contributed by atoms with Gasteiger partial charge >= 0.3 is 0 Å². The molecule has 27 heavy (non-hydrogen) atoms. The number of methoxy groups -OCH3 is 1. The van der Waals surface area contributed by atoms with E-state index >= 15 is 0 Å². The molecule has 1 amide bonds. The molecule has 1 aliphatic rings. The Morgan fingerprint density at radius 1 is 1.22 bits per heavy atom. The molecule has 144 valence electrons. The minimum absolute atomic E-state index is 0.0449. The summed E-state index contributed by atoms with van der Waals surface area (Å²) in [5.41, 5.74) is 5.86. The van der Waals surface area contributed by atoms with Crippen molar-refractivity contribution in [3.05, 3.63) is 42.4 Å². The summed E-state index contributed by atoms with van der Waals surface area (Å²) < 4.78 is 11.4. The van der Waals surface area contributed by atoms with Gasteiger partial charge in [0.2, 0.25) is 11.8 Å². The number of piperidine rings is 1. The zero-order valence-electron chi connectivity index (χ0n) is 16.0. The van der Waals surface area contributed by atoms with Gasteiger partial charge in [0.25, 0.3) is 0 Å². The van der Waals surface area contributed by atoms with Crippen molar-refractivity contribution < 1.29 is 14.3 Å². The minimum atomic E-state index is -0.888. The van der Waals surface area contributed by atoms with Crippen molar-refractivity contribution in [2.24, 2.45) is 5.73 Å². The Morgan fingerprint density at radius 3 is 2.63 bits per heavy atom. The van der Waals surface area contributed by atoms with Gasteiger partial charge in [-0.2, -0.15) is 0 Å². The molecule has 1 atom stereocenters. The molecule has 2 N–H and O–H groups in total. The number of amides is 1. The molecular weight excluding hydrogens is 344 g/mol. The Bertz CT molecular complexity index is 804. The second kappa shape index (κ2) is 7.92. The van der Waals surface area contributed by atoms with Crippen LogP contribution in [0.4, 0.5) is 0 Å². The normalized spacial score (nSPS) is 17.5. The summed E-state index contributed by atoms with van der Waals surface area (Å²) in [6.07, 6.45) is 5.05. The highest BCUT2D eigenvalue weighted by atomic mass is 16.5. The van der Waals surface area contributed by atoms with Gasteiger partial charge in [0.1, 0.15) is 5.69 Å². The van der Waals surface area contributed by atoms with E-state index in [1.54, 1.807) is 33.4 Å². The predicted molar refractivity (Wildman–Crippen MR) is 102 cm³/mol. The second-order valence-corrected chi connectivity index (χ2v) is 7.31. The molecule has 7 heteroatoms. The Hall–Kier alpha value is -2.67. The predicted octanol–water partition coefficient (Wildman–Crippen LogP) is 2.72. The largest absolute Gasteiger partial charge is 0.493 e. The quantitative estimate of drug-likeness (QED) is 0.870. The van der Waals surface area contributed by atoms with E-state index in [9.17, 15) is 4.79 Å². The number of rotatable bonds is 5. The van der Waals surface area contributed by atoms with E-state index in [0.29, 0.717) is 30.5 Å². The molecule has 1 aromatic carbocycles. The van der Waals surface area contributed by atoms with E-state index < -0.39 is 5.54 Å². The molecular formula is C20H26N4O3. The molecule has 0 saturated carbocycles. The molecule has 7 nitrogen and oxygen atoms in total. The van der Waals surface area contributed by atoms with Crippen LogP contribution in [0.3, 0.4) is 0 Å². The molecule has 1 saturated heterocycles. The van der Waals surface area contributed by atoms with Crippen LogP contribution in [0.2, 0.25) is 0 Å². The fourth-order valence-electron chi connectivity index (χ4n) is 3.29. The van der Waals surface area contributed by atoms with Crippen LogP contribution in [0, 0.1) is 0 Å².